The standard InChI is InChI=1S/C14H14O2S2/c1-15-11-7-9-12(10-8-11)17-18-14-6-4-3-5-13(14)16-2/h3-10H,1-2H3. The minimum Gasteiger partial charge on any atom is -0.497 e. The number of rotatable bonds is 5. The van der Waals surface area contributed by atoms with E-state index in [0.29, 0.717) is 0 Å². The molecule has 2 rings (SSSR count). The monoisotopic (exact) mass is 278 g/mol. The van der Waals surface area contributed by atoms with Gasteiger partial charge in [-0.2, -0.15) is 0 Å². The average molecular weight is 278 g/mol. The van der Waals surface area contributed by atoms with Crippen LogP contribution in [0.3, 0.4) is 0 Å². The molecule has 0 bridgehead atoms. The lowest BCUT2D eigenvalue weighted by Crippen LogP contribution is -1.84. The molecule has 0 radical (unpaired) electrons. The number of para-hydroxylation sites is 1. The summed E-state index contributed by atoms with van der Waals surface area (Å²) in [7, 11) is 6.76. The lowest BCUT2D eigenvalue weighted by Gasteiger charge is -2.07. The number of hydrogen-bond donors (Lipinski definition) is 0. The van der Waals surface area contributed by atoms with Gasteiger partial charge in [0.05, 0.1) is 19.1 Å². The van der Waals surface area contributed by atoms with Crippen molar-refractivity contribution < 1.29 is 9.47 Å². The SMILES string of the molecule is COc1ccc(SSc2ccccc2OC)cc1. The van der Waals surface area contributed by atoms with E-state index in [1.807, 2.05) is 42.5 Å². The maximum absolute atomic E-state index is 5.32. The summed E-state index contributed by atoms with van der Waals surface area (Å²) in [6, 6.07) is 16.0. The molecule has 94 valence electrons. The summed E-state index contributed by atoms with van der Waals surface area (Å²) < 4.78 is 10.4. The first-order chi connectivity index (χ1) is 8.83. The van der Waals surface area contributed by atoms with Gasteiger partial charge < -0.3 is 9.47 Å². The highest BCUT2D eigenvalue weighted by Crippen LogP contribution is 2.41. The van der Waals surface area contributed by atoms with Crippen molar-refractivity contribution in [3.63, 3.8) is 0 Å². The third kappa shape index (κ3) is 3.37. The second-order valence-corrected chi connectivity index (χ2v) is 5.74. The Morgan fingerprint density at radius 3 is 2.17 bits per heavy atom. The Hall–Kier alpha value is -1.26. The van der Waals surface area contributed by atoms with E-state index in [0.717, 1.165) is 16.4 Å². The quantitative estimate of drug-likeness (QED) is 0.749. The van der Waals surface area contributed by atoms with E-state index in [1.54, 1.807) is 35.8 Å². The van der Waals surface area contributed by atoms with Crippen LogP contribution in [0.25, 0.3) is 0 Å². The van der Waals surface area contributed by atoms with Gasteiger partial charge in [0.25, 0.3) is 0 Å². The maximum Gasteiger partial charge on any atom is 0.133 e. The van der Waals surface area contributed by atoms with Gasteiger partial charge in [-0.15, -0.1) is 0 Å². The van der Waals surface area contributed by atoms with Crippen LogP contribution in [0.2, 0.25) is 0 Å². The summed E-state index contributed by atoms with van der Waals surface area (Å²) in [6.07, 6.45) is 0. The van der Waals surface area contributed by atoms with Gasteiger partial charge >= 0.3 is 0 Å². The zero-order valence-corrected chi connectivity index (χ0v) is 11.9. The number of methoxy groups -OCH3 is 2. The van der Waals surface area contributed by atoms with Crippen molar-refractivity contribution in [3.8, 4) is 11.5 Å². The fourth-order valence-electron chi connectivity index (χ4n) is 1.41. The molecule has 0 aliphatic rings. The van der Waals surface area contributed by atoms with Crippen molar-refractivity contribution in [3.05, 3.63) is 48.5 Å². The number of ether oxygens (including phenoxy) is 2. The Morgan fingerprint density at radius 2 is 1.50 bits per heavy atom. The first-order valence-electron chi connectivity index (χ1n) is 5.45. The average Bonchev–Trinajstić information content (AvgIpc) is 2.46. The van der Waals surface area contributed by atoms with Gasteiger partial charge in [0.15, 0.2) is 0 Å². The van der Waals surface area contributed by atoms with Gasteiger partial charge in [-0.05, 0) is 47.2 Å². The van der Waals surface area contributed by atoms with Crippen LogP contribution in [0.5, 0.6) is 11.5 Å². The normalized spacial score (nSPS) is 10.1. The zero-order valence-electron chi connectivity index (χ0n) is 10.3. The Balaban J connectivity index is 2.02. The van der Waals surface area contributed by atoms with E-state index in [1.165, 1.54) is 4.90 Å². The molecule has 0 N–H and O–H groups in total. The van der Waals surface area contributed by atoms with Gasteiger partial charge in [-0.25, -0.2) is 0 Å². The molecule has 0 heterocycles. The Labute approximate surface area is 115 Å². The Bertz CT molecular complexity index is 497. The first kappa shape index (κ1) is 13.2. The fraction of sp³-hybridized carbons (Fsp3) is 0.143. The molecule has 0 aromatic heterocycles. The molecule has 2 aromatic rings. The van der Waals surface area contributed by atoms with Crippen LogP contribution in [0.15, 0.2) is 58.3 Å². The van der Waals surface area contributed by atoms with E-state index in [2.05, 4.69) is 6.07 Å². The predicted molar refractivity (Wildman–Crippen MR) is 77.7 cm³/mol. The molecule has 0 aliphatic carbocycles. The van der Waals surface area contributed by atoms with E-state index in [-0.39, 0.29) is 0 Å². The third-order valence-corrected chi connectivity index (χ3v) is 4.79. The molecule has 0 fully saturated rings. The van der Waals surface area contributed by atoms with Gasteiger partial charge in [0.2, 0.25) is 0 Å². The van der Waals surface area contributed by atoms with Crippen molar-refractivity contribution in [1.29, 1.82) is 0 Å². The van der Waals surface area contributed by atoms with E-state index >= 15 is 0 Å². The van der Waals surface area contributed by atoms with E-state index in [9.17, 15) is 0 Å². The summed E-state index contributed by atoms with van der Waals surface area (Å²) in [5.74, 6) is 1.78. The summed E-state index contributed by atoms with van der Waals surface area (Å²) in [4.78, 5) is 2.31. The van der Waals surface area contributed by atoms with Crippen LogP contribution in [0, 0.1) is 0 Å². The molecule has 2 aromatic carbocycles. The van der Waals surface area contributed by atoms with Gasteiger partial charge in [0, 0.05) is 4.90 Å². The molecule has 0 saturated heterocycles. The molecule has 0 saturated carbocycles. The lowest BCUT2D eigenvalue weighted by atomic mass is 10.3. The molecule has 18 heavy (non-hydrogen) atoms. The second-order valence-electron chi connectivity index (χ2n) is 3.49. The van der Waals surface area contributed by atoms with Crippen molar-refractivity contribution in [1.82, 2.24) is 0 Å². The maximum atomic E-state index is 5.32. The molecule has 0 unspecified atom stereocenters. The molecular weight excluding hydrogens is 264 g/mol. The molecule has 0 amide bonds. The number of hydrogen-bond acceptors (Lipinski definition) is 4. The van der Waals surface area contributed by atoms with Crippen LogP contribution in [0.1, 0.15) is 0 Å². The summed E-state index contributed by atoms with van der Waals surface area (Å²) in [5, 5.41) is 0. The van der Waals surface area contributed by atoms with Crippen LogP contribution in [-0.2, 0) is 0 Å². The largest absolute Gasteiger partial charge is 0.497 e. The summed E-state index contributed by atoms with van der Waals surface area (Å²) >= 11 is 0. The smallest absolute Gasteiger partial charge is 0.133 e. The highest BCUT2D eigenvalue weighted by atomic mass is 33.1. The van der Waals surface area contributed by atoms with Crippen LogP contribution in [0.4, 0.5) is 0 Å². The minimum absolute atomic E-state index is 0.877. The Morgan fingerprint density at radius 1 is 0.778 bits per heavy atom. The highest BCUT2D eigenvalue weighted by molar-refractivity contribution is 8.76. The first-order valence-corrected chi connectivity index (χ1v) is 7.60. The third-order valence-electron chi connectivity index (χ3n) is 2.36. The zero-order chi connectivity index (χ0) is 12.8. The molecule has 2 nitrogen and oxygen atoms in total. The molecule has 4 heteroatoms. The van der Waals surface area contributed by atoms with Gasteiger partial charge in [-0.3, -0.25) is 0 Å². The molecule has 0 atom stereocenters. The number of benzene rings is 2. The van der Waals surface area contributed by atoms with E-state index in [4.69, 9.17) is 9.47 Å². The van der Waals surface area contributed by atoms with E-state index < -0.39 is 0 Å². The van der Waals surface area contributed by atoms with Gasteiger partial charge in [0.1, 0.15) is 11.5 Å². The predicted octanol–water partition coefficient (Wildman–Crippen LogP) is 4.50. The minimum atomic E-state index is 0.877. The summed E-state index contributed by atoms with van der Waals surface area (Å²) in [6.45, 7) is 0. The van der Waals surface area contributed by atoms with Crippen molar-refractivity contribution in [2.24, 2.45) is 0 Å². The molecule has 0 spiro atoms. The molecule has 0 aliphatic heterocycles. The highest BCUT2D eigenvalue weighted by Gasteiger charge is 2.03. The van der Waals surface area contributed by atoms with Crippen LogP contribution >= 0.6 is 21.6 Å². The second kappa shape index (κ2) is 6.61. The topological polar surface area (TPSA) is 18.5 Å². The van der Waals surface area contributed by atoms with Crippen molar-refractivity contribution in [2.75, 3.05) is 14.2 Å². The summed E-state index contributed by atoms with van der Waals surface area (Å²) in [5.41, 5.74) is 0. The fourth-order valence-corrected chi connectivity index (χ4v) is 3.52. The van der Waals surface area contributed by atoms with Crippen molar-refractivity contribution >= 4 is 21.6 Å². The van der Waals surface area contributed by atoms with Crippen LogP contribution < -0.4 is 9.47 Å². The van der Waals surface area contributed by atoms with Gasteiger partial charge in [-0.1, -0.05) is 22.9 Å². The molecular formula is C14H14O2S2. The van der Waals surface area contributed by atoms with Crippen molar-refractivity contribution in [2.45, 2.75) is 9.79 Å². The van der Waals surface area contributed by atoms with Crippen LogP contribution in [-0.4, -0.2) is 14.2 Å². The Kier molecular flexibility index (Phi) is 4.84. The lowest BCUT2D eigenvalue weighted by molar-refractivity contribution is 0.405.